The molecule has 0 aliphatic heterocycles. The Morgan fingerprint density at radius 1 is 0.321 bits per heavy atom. The summed E-state index contributed by atoms with van der Waals surface area (Å²) in [5.74, 6) is 2.38. The van der Waals surface area contributed by atoms with Crippen molar-refractivity contribution in [1.29, 1.82) is 0 Å². The average molecular weight is 720 g/mol. The van der Waals surface area contributed by atoms with Crippen LogP contribution in [0.2, 0.25) is 0 Å². The van der Waals surface area contributed by atoms with Crippen LogP contribution in [0.3, 0.4) is 0 Å². The van der Waals surface area contributed by atoms with E-state index in [9.17, 15) is 0 Å². The Kier molecular flexibility index (Phi) is 7.35. The third kappa shape index (κ3) is 5.33. The first-order chi connectivity index (χ1) is 27.7. The summed E-state index contributed by atoms with van der Waals surface area (Å²) in [7, 11) is 0. The van der Waals surface area contributed by atoms with Crippen LogP contribution in [0.1, 0.15) is 0 Å². The first kappa shape index (κ1) is 31.7. The van der Waals surface area contributed by atoms with Crippen molar-refractivity contribution in [2.24, 2.45) is 0 Å². The molecule has 11 rings (SSSR count). The molecular weight excluding hydrogens is 691 g/mol. The van der Waals surface area contributed by atoms with Crippen molar-refractivity contribution in [3.63, 3.8) is 0 Å². The molecule has 0 aliphatic carbocycles. The molecule has 0 aliphatic rings. The van der Waals surface area contributed by atoms with Crippen LogP contribution in [0, 0.1) is 0 Å². The van der Waals surface area contributed by atoms with Crippen molar-refractivity contribution in [3.05, 3.63) is 176 Å². The van der Waals surface area contributed by atoms with Crippen molar-refractivity contribution in [2.75, 3.05) is 0 Å². The van der Waals surface area contributed by atoms with Crippen LogP contribution in [0.25, 0.3) is 112 Å². The molecule has 0 amide bonds. The summed E-state index contributed by atoms with van der Waals surface area (Å²) in [4.78, 5) is 25.1. The van der Waals surface area contributed by atoms with E-state index < -0.39 is 0 Å². The van der Waals surface area contributed by atoms with Crippen LogP contribution >= 0.6 is 0 Å². The minimum absolute atomic E-state index is 0.541. The number of rotatable bonds is 6. The third-order valence-electron chi connectivity index (χ3n) is 10.2. The van der Waals surface area contributed by atoms with Gasteiger partial charge < -0.3 is 8.83 Å². The summed E-state index contributed by atoms with van der Waals surface area (Å²) >= 11 is 0. The predicted octanol–water partition coefficient (Wildman–Crippen LogP) is 12.5. The number of furan rings is 2. The number of para-hydroxylation sites is 2. The van der Waals surface area contributed by atoms with Crippen LogP contribution in [0.15, 0.2) is 185 Å². The monoisotopic (exact) mass is 719 g/mol. The Labute approximate surface area is 320 Å². The van der Waals surface area contributed by atoms with E-state index in [-0.39, 0.29) is 0 Å². The highest BCUT2D eigenvalue weighted by Crippen LogP contribution is 2.42. The Balaban J connectivity index is 1.09. The van der Waals surface area contributed by atoms with Gasteiger partial charge in [0.1, 0.15) is 28.0 Å². The van der Waals surface area contributed by atoms with Gasteiger partial charge in [0.05, 0.1) is 5.56 Å². The number of hydrogen-bond donors (Lipinski definition) is 0. The van der Waals surface area contributed by atoms with Crippen LogP contribution in [-0.2, 0) is 0 Å². The SMILES string of the molecule is c1ccc(-c2nc(-c3ccccc3)nc(-c3cccc4c3oc3cccc(-c5cccc(-c6nc(-c7ccccc7)nc7c6oc6ccccc67)c5)c34)n2)cc1. The second-order valence-corrected chi connectivity index (χ2v) is 13.6. The number of benzene rings is 7. The molecule has 7 aromatic carbocycles. The maximum Gasteiger partial charge on any atom is 0.180 e. The summed E-state index contributed by atoms with van der Waals surface area (Å²) in [6.45, 7) is 0. The highest BCUT2D eigenvalue weighted by atomic mass is 16.3. The fourth-order valence-electron chi connectivity index (χ4n) is 7.53. The highest BCUT2D eigenvalue weighted by molar-refractivity contribution is 6.15. The maximum absolute atomic E-state index is 6.73. The second kappa shape index (κ2) is 13.0. The van der Waals surface area contributed by atoms with E-state index in [0.29, 0.717) is 34.5 Å². The van der Waals surface area contributed by atoms with Gasteiger partial charge >= 0.3 is 0 Å². The van der Waals surface area contributed by atoms with Crippen LogP contribution in [-0.4, -0.2) is 24.9 Å². The van der Waals surface area contributed by atoms with Gasteiger partial charge in [0.25, 0.3) is 0 Å². The van der Waals surface area contributed by atoms with Crippen molar-refractivity contribution < 1.29 is 8.83 Å². The molecule has 0 spiro atoms. The molecule has 0 N–H and O–H groups in total. The average Bonchev–Trinajstić information content (AvgIpc) is 3.86. The zero-order valence-corrected chi connectivity index (χ0v) is 29.8. The van der Waals surface area contributed by atoms with Crippen LogP contribution in [0.4, 0.5) is 0 Å². The third-order valence-corrected chi connectivity index (χ3v) is 10.2. The van der Waals surface area contributed by atoms with E-state index in [1.165, 1.54) is 0 Å². The molecule has 0 saturated heterocycles. The maximum atomic E-state index is 6.73. The lowest BCUT2D eigenvalue weighted by Gasteiger charge is -2.09. The number of hydrogen-bond acceptors (Lipinski definition) is 7. The fraction of sp³-hybridized carbons (Fsp3) is 0. The summed E-state index contributed by atoms with van der Waals surface area (Å²) < 4.78 is 13.2. The van der Waals surface area contributed by atoms with Crippen LogP contribution in [0.5, 0.6) is 0 Å². The zero-order valence-electron chi connectivity index (χ0n) is 29.8. The molecule has 4 aromatic heterocycles. The first-order valence-electron chi connectivity index (χ1n) is 18.4. The standard InChI is InChI=1S/C49H29N5O2/c1-4-15-30(16-5-1)46-50-42(45-43(51-46)36-23-10-11-27-39(36)55-45)34-22-12-21-33(29-34)35-24-14-28-40-41(35)37-25-13-26-38(44(37)56-40)49-53-47(31-17-6-2-7-18-31)52-48(54-49)32-19-8-3-9-20-32/h1-29H. The van der Waals surface area contributed by atoms with Crippen molar-refractivity contribution in [2.45, 2.75) is 0 Å². The van der Waals surface area contributed by atoms with E-state index in [0.717, 1.165) is 77.5 Å². The quantitative estimate of drug-likeness (QED) is 0.169. The molecule has 0 saturated carbocycles. The molecular formula is C49H29N5O2. The van der Waals surface area contributed by atoms with Gasteiger partial charge in [0.2, 0.25) is 0 Å². The van der Waals surface area contributed by atoms with Crippen molar-refractivity contribution >= 4 is 44.0 Å². The summed E-state index contributed by atoms with van der Waals surface area (Å²) in [5, 5.41) is 2.92. The van der Waals surface area contributed by atoms with E-state index in [1.54, 1.807) is 0 Å². The van der Waals surface area contributed by atoms with E-state index in [2.05, 4.69) is 36.4 Å². The molecule has 0 bridgehead atoms. The molecule has 262 valence electrons. The predicted molar refractivity (Wildman–Crippen MR) is 223 cm³/mol. The van der Waals surface area contributed by atoms with Gasteiger partial charge in [-0.05, 0) is 41.5 Å². The largest absolute Gasteiger partial charge is 0.455 e. The molecule has 4 heterocycles. The normalized spacial score (nSPS) is 11.6. The van der Waals surface area contributed by atoms with E-state index in [4.69, 9.17) is 33.8 Å². The molecule has 0 unspecified atom stereocenters. The smallest absolute Gasteiger partial charge is 0.180 e. The minimum Gasteiger partial charge on any atom is -0.455 e. The van der Waals surface area contributed by atoms with Gasteiger partial charge in [-0.3, -0.25) is 0 Å². The first-order valence-corrected chi connectivity index (χ1v) is 18.4. The summed E-state index contributed by atoms with van der Waals surface area (Å²) in [6.07, 6.45) is 0. The van der Waals surface area contributed by atoms with Gasteiger partial charge in [0.15, 0.2) is 28.9 Å². The summed E-state index contributed by atoms with van der Waals surface area (Å²) in [6, 6.07) is 58.8. The van der Waals surface area contributed by atoms with Crippen LogP contribution < -0.4 is 0 Å². The van der Waals surface area contributed by atoms with E-state index >= 15 is 0 Å². The van der Waals surface area contributed by atoms with Gasteiger partial charge in [0, 0.05) is 38.4 Å². The Morgan fingerprint density at radius 3 is 1.54 bits per heavy atom. The molecule has 7 heteroatoms. The molecule has 0 fully saturated rings. The molecule has 0 atom stereocenters. The van der Waals surface area contributed by atoms with Gasteiger partial charge in [-0.1, -0.05) is 146 Å². The molecule has 11 aromatic rings. The minimum atomic E-state index is 0.541. The Morgan fingerprint density at radius 2 is 0.821 bits per heavy atom. The molecule has 7 nitrogen and oxygen atoms in total. The number of aromatic nitrogens is 5. The van der Waals surface area contributed by atoms with Crippen molar-refractivity contribution in [3.8, 4) is 67.9 Å². The lowest BCUT2D eigenvalue weighted by molar-refractivity contribution is 0.667. The summed E-state index contributed by atoms with van der Waals surface area (Å²) in [5.41, 5.74) is 10.9. The van der Waals surface area contributed by atoms with E-state index in [1.807, 2.05) is 140 Å². The van der Waals surface area contributed by atoms with Crippen molar-refractivity contribution in [1.82, 2.24) is 24.9 Å². The van der Waals surface area contributed by atoms with Gasteiger partial charge in [-0.15, -0.1) is 0 Å². The fourth-order valence-corrected chi connectivity index (χ4v) is 7.53. The second-order valence-electron chi connectivity index (χ2n) is 13.6. The highest BCUT2D eigenvalue weighted by Gasteiger charge is 2.21. The van der Waals surface area contributed by atoms with Gasteiger partial charge in [-0.25, -0.2) is 24.9 Å². The Hall–Kier alpha value is -7.77. The lowest BCUT2D eigenvalue weighted by atomic mass is 9.96. The molecule has 0 radical (unpaired) electrons. The van der Waals surface area contributed by atoms with Gasteiger partial charge in [-0.2, -0.15) is 0 Å². The Bertz CT molecular complexity index is 3190. The topological polar surface area (TPSA) is 90.7 Å². The number of nitrogens with zero attached hydrogens (tertiary/aromatic N) is 5. The lowest BCUT2D eigenvalue weighted by Crippen LogP contribution is -2.00. The molecule has 56 heavy (non-hydrogen) atoms. The zero-order chi connectivity index (χ0) is 37.0. The number of fused-ring (bicyclic) bond motifs is 6.